The molecule has 2 rings (SSSR count). The number of ether oxygens (including phenoxy) is 1. The number of thioether (sulfide) groups is 1. The number of methoxy groups -OCH3 is 1. The molecule has 3 heteroatoms. The van der Waals surface area contributed by atoms with Gasteiger partial charge < -0.3 is 4.74 Å². The Hall–Kier alpha value is -0.960. The van der Waals surface area contributed by atoms with Crippen molar-refractivity contribution in [2.45, 2.75) is 30.8 Å². The van der Waals surface area contributed by atoms with E-state index < -0.39 is 0 Å². The number of rotatable bonds is 5. The number of hydrogen-bond acceptors (Lipinski definition) is 3. The minimum atomic E-state index is -0.0647. The number of esters is 1. The lowest BCUT2D eigenvalue weighted by atomic mass is 10.2. The van der Waals surface area contributed by atoms with Crippen molar-refractivity contribution in [1.82, 2.24) is 0 Å². The van der Waals surface area contributed by atoms with Gasteiger partial charge in [-0.05, 0) is 31.2 Å². The molecule has 1 fully saturated rings. The highest BCUT2D eigenvalue weighted by molar-refractivity contribution is 7.99. The summed E-state index contributed by atoms with van der Waals surface area (Å²) in [6.45, 7) is 2.09. The second kappa shape index (κ2) is 5.58. The maximum atomic E-state index is 11.6. The van der Waals surface area contributed by atoms with E-state index in [9.17, 15) is 4.79 Å². The molecule has 1 aliphatic carbocycles. The number of benzene rings is 1. The van der Waals surface area contributed by atoms with Crippen molar-refractivity contribution >= 4 is 17.7 Å². The van der Waals surface area contributed by atoms with Crippen LogP contribution >= 0.6 is 11.8 Å². The number of hydrogen-bond donors (Lipinski definition) is 0. The molecule has 0 saturated heterocycles. The number of carbonyl (C=O) groups is 1. The van der Waals surface area contributed by atoms with Gasteiger partial charge in [-0.2, -0.15) is 0 Å². The summed E-state index contributed by atoms with van der Waals surface area (Å²) >= 11 is 1.71. The fourth-order valence-electron chi connectivity index (χ4n) is 1.90. The molecule has 1 unspecified atom stereocenters. The lowest BCUT2D eigenvalue weighted by Crippen LogP contribution is -2.21. The molecular formula is C14H18O2S. The Morgan fingerprint density at radius 2 is 2.29 bits per heavy atom. The Morgan fingerprint density at radius 1 is 1.53 bits per heavy atom. The van der Waals surface area contributed by atoms with Crippen molar-refractivity contribution in [2.24, 2.45) is 5.92 Å². The van der Waals surface area contributed by atoms with E-state index in [-0.39, 0.29) is 11.2 Å². The Kier molecular flexibility index (Phi) is 4.11. The average molecular weight is 250 g/mol. The van der Waals surface area contributed by atoms with E-state index in [4.69, 9.17) is 4.74 Å². The van der Waals surface area contributed by atoms with Crippen LogP contribution in [0.3, 0.4) is 0 Å². The second-order valence-electron chi connectivity index (χ2n) is 4.58. The van der Waals surface area contributed by atoms with Gasteiger partial charge in [0.25, 0.3) is 0 Å². The smallest absolute Gasteiger partial charge is 0.319 e. The fraction of sp³-hybridized carbons (Fsp3) is 0.500. The SMILES string of the molecule is COC(=O)C(SCc1cccc(C)c1)C1CC1. The van der Waals surface area contributed by atoms with Crippen LogP contribution in [0.2, 0.25) is 0 Å². The molecule has 0 aromatic heterocycles. The van der Waals surface area contributed by atoms with Gasteiger partial charge in [0.05, 0.1) is 7.11 Å². The van der Waals surface area contributed by atoms with Crippen LogP contribution in [0.25, 0.3) is 0 Å². The maximum Gasteiger partial charge on any atom is 0.319 e. The van der Waals surface area contributed by atoms with Gasteiger partial charge in [0, 0.05) is 5.75 Å². The van der Waals surface area contributed by atoms with Gasteiger partial charge in [0.1, 0.15) is 5.25 Å². The van der Waals surface area contributed by atoms with Crippen LogP contribution < -0.4 is 0 Å². The van der Waals surface area contributed by atoms with E-state index in [0.29, 0.717) is 5.92 Å². The molecule has 0 spiro atoms. The highest BCUT2D eigenvalue weighted by Crippen LogP contribution is 2.40. The minimum Gasteiger partial charge on any atom is -0.468 e. The summed E-state index contributed by atoms with van der Waals surface area (Å²) in [5.41, 5.74) is 2.55. The van der Waals surface area contributed by atoms with E-state index in [2.05, 4.69) is 31.2 Å². The third-order valence-electron chi connectivity index (χ3n) is 3.00. The molecule has 1 aromatic carbocycles. The molecule has 0 bridgehead atoms. The Bertz CT molecular complexity index is 399. The van der Waals surface area contributed by atoms with Crippen molar-refractivity contribution in [3.8, 4) is 0 Å². The third-order valence-corrected chi connectivity index (χ3v) is 4.43. The van der Waals surface area contributed by atoms with Gasteiger partial charge >= 0.3 is 5.97 Å². The van der Waals surface area contributed by atoms with Crippen LogP contribution in [0.15, 0.2) is 24.3 Å². The van der Waals surface area contributed by atoms with Crippen LogP contribution in [0.1, 0.15) is 24.0 Å². The predicted octanol–water partition coefficient (Wildman–Crippen LogP) is 3.18. The van der Waals surface area contributed by atoms with Crippen LogP contribution in [-0.2, 0) is 15.3 Å². The molecule has 92 valence electrons. The predicted molar refractivity (Wildman–Crippen MR) is 71.0 cm³/mol. The summed E-state index contributed by atoms with van der Waals surface area (Å²) in [5, 5.41) is 0.0283. The monoisotopic (exact) mass is 250 g/mol. The van der Waals surface area contributed by atoms with Crippen molar-refractivity contribution in [2.75, 3.05) is 7.11 Å². The van der Waals surface area contributed by atoms with Gasteiger partial charge in [0.2, 0.25) is 0 Å². The number of carbonyl (C=O) groups excluding carboxylic acids is 1. The van der Waals surface area contributed by atoms with Crippen molar-refractivity contribution < 1.29 is 9.53 Å². The zero-order valence-corrected chi connectivity index (χ0v) is 11.1. The summed E-state index contributed by atoms with van der Waals surface area (Å²) in [7, 11) is 1.48. The summed E-state index contributed by atoms with van der Waals surface area (Å²) < 4.78 is 4.87. The first-order chi connectivity index (χ1) is 8.20. The molecule has 1 saturated carbocycles. The molecule has 0 aliphatic heterocycles. The van der Waals surface area contributed by atoms with E-state index in [1.807, 2.05) is 0 Å². The van der Waals surface area contributed by atoms with E-state index in [0.717, 1.165) is 5.75 Å². The van der Waals surface area contributed by atoms with E-state index >= 15 is 0 Å². The van der Waals surface area contributed by atoms with Crippen LogP contribution in [-0.4, -0.2) is 18.3 Å². The zero-order valence-electron chi connectivity index (χ0n) is 10.3. The lowest BCUT2D eigenvalue weighted by molar-refractivity contribution is -0.140. The zero-order chi connectivity index (χ0) is 12.3. The van der Waals surface area contributed by atoms with Crippen LogP contribution in [0, 0.1) is 12.8 Å². The quantitative estimate of drug-likeness (QED) is 0.751. The Labute approximate surface area is 107 Å². The minimum absolute atomic E-state index is 0.0283. The van der Waals surface area contributed by atoms with Crippen molar-refractivity contribution in [3.63, 3.8) is 0 Å². The van der Waals surface area contributed by atoms with Crippen LogP contribution in [0.5, 0.6) is 0 Å². The first-order valence-electron chi connectivity index (χ1n) is 5.95. The van der Waals surface area contributed by atoms with Crippen molar-refractivity contribution in [3.05, 3.63) is 35.4 Å². The molecule has 17 heavy (non-hydrogen) atoms. The van der Waals surface area contributed by atoms with Gasteiger partial charge in [-0.1, -0.05) is 29.8 Å². The molecule has 0 heterocycles. The van der Waals surface area contributed by atoms with E-state index in [1.165, 1.54) is 31.1 Å². The third kappa shape index (κ3) is 3.50. The van der Waals surface area contributed by atoms with Gasteiger partial charge in [-0.15, -0.1) is 11.8 Å². The summed E-state index contributed by atoms with van der Waals surface area (Å²) in [6.07, 6.45) is 2.33. The average Bonchev–Trinajstić information content (AvgIpc) is 3.13. The lowest BCUT2D eigenvalue weighted by Gasteiger charge is -2.13. The van der Waals surface area contributed by atoms with Gasteiger partial charge in [-0.3, -0.25) is 4.79 Å². The highest BCUT2D eigenvalue weighted by atomic mass is 32.2. The Morgan fingerprint density at radius 3 is 2.88 bits per heavy atom. The molecule has 2 nitrogen and oxygen atoms in total. The molecule has 1 aliphatic rings. The first kappa shape index (κ1) is 12.5. The summed E-state index contributed by atoms with van der Waals surface area (Å²) in [4.78, 5) is 11.6. The molecule has 0 radical (unpaired) electrons. The molecule has 0 amide bonds. The van der Waals surface area contributed by atoms with E-state index in [1.54, 1.807) is 11.8 Å². The molecule has 1 atom stereocenters. The maximum absolute atomic E-state index is 11.6. The normalized spacial score (nSPS) is 16.6. The fourth-order valence-corrected chi connectivity index (χ4v) is 3.23. The summed E-state index contributed by atoms with van der Waals surface area (Å²) in [6, 6.07) is 8.44. The second-order valence-corrected chi connectivity index (χ2v) is 5.71. The van der Waals surface area contributed by atoms with Gasteiger partial charge in [0.15, 0.2) is 0 Å². The first-order valence-corrected chi connectivity index (χ1v) is 7.00. The largest absolute Gasteiger partial charge is 0.468 e. The highest BCUT2D eigenvalue weighted by Gasteiger charge is 2.37. The standard InChI is InChI=1S/C14H18O2S/c1-10-4-3-5-11(8-10)9-17-13(12-6-7-12)14(15)16-2/h3-5,8,12-13H,6-7,9H2,1-2H3. The molecular weight excluding hydrogens is 232 g/mol. The van der Waals surface area contributed by atoms with Crippen molar-refractivity contribution in [1.29, 1.82) is 0 Å². The topological polar surface area (TPSA) is 26.3 Å². The van der Waals surface area contributed by atoms with Gasteiger partial charge in [-0.25, -0.2) is 0 Å². The molecule has 0 N–H and O–H groups in total. The summed E-state index contributed by atoms with van der Waals surface area (Å²) in [5.74, 6) is 1.36. The van der Waals surface area contributed by atoms with Crippen LogP contribution in [0.4, 0.5) is 0 Å². The number of aryl methyl sites for hydroxylation is 1. The Balaban J connectivity index is 1.93. The molecule has 1 aromatic rings.